The molecule has 9 heteroatoms. The standard InChI is InChI=1S/C20H26N4O4S/c1-3-27-10-11-28-20-22-19(18-5-4-12-29-18)24(23-20)16-8-6-15(7-9-16)21-13-17(25)14-26-2/h4-9,12,17,21,25H,3,10-11,13-14H2,1-2H3/t17-/m0/s1. The predicted molar refractivity (Wildman–Crippen MR) is 113 cm³/mol. The summed E-state index contributed by atoms with van der Waals surface area (Å²) in [7, 11) is 1.57. The second kappa shape index (κ2) is 10.9. The zero-order valence-corrected chi connectivity index (χ0v) is 17.4. The lowest BCUT2D eigenvalue weighted by atomic mass is 10.2. The Morgan fingerprint density at radius 2 is 2.03 bits per heavy atom. The first-order valence-electron chi connectivity index (χ1n) is 9.44. The van der Waals surface area contributed by atoms with Gasteiger partial charge in [-0.1, -0.05) is 6.07 Å². The van der Waals surface area contributed by atoms with E-state index in [1.165, 1.54) is 0 Å². The highest BCUT2D eigenvalue weighted by atomic mass is 32.1. The number of rotatable bonds is 12. The smallest absolute Gasteiger partial charge is 0.336 e. The second-order valence-corrected chi connectivity index (χ2v) is 7.14. The third kappa shape index (κ3) is 6.01. The van der Waals surface area contributed by atoms with E-state index in [4.69, 9.17) is 14.2 Å². The summed E-state index contributed by atoms with van der Waals surface area (Å²) in [4.78, 5) is 5.55. The summed E-state index contributed by atoms with van der Waals surface area (Å²) in [6.07, 6.45) is -0.559. The summed E-state index contributed by atoms with van der Waals surface area (Å²) in [5.74, 6) is 0.725. The number of aliphatic hydroxyl groups is 1. The Morgan fingerprint density at radius 1 is 1.21 bits per heavy atom. The molecule has 0 fully saturated rings. The van der Waals surface area contributed by atoms with Crippen LogP contribution in [-0.4, -0.2) is 66.1 Å². The van der Waals surface area contributed by atoms with Gasteiger partial charge in [0.2, 0.25) is 0 Å². The Morgan fingerprint density at radius 3 is 2.72 bits per heavy atom. The lowest BCUT2D eigenvalue weighted by Crippen LogP contribution is -2.24. The molecule has 0 bridgehead atoms. The number of aliphatic hydroxyl groups excluding tert-OH is 1. The molecule has 3 aromatic rings. The summed E-state index contributed by atoms with van der Waals surface area (Å²) in [6, 6.07) is 12.1. The lowest BCUT2D eigenvalue weighted by molar-refractivity contribution is 0.0727. The first kappa shape index (κ1) is 21.3. The minimum Gasteiger partial charge on any atom is -0.460 e. The van der Waals surface area contributed by atoms with Gasteiger partial charge in [-0.05, 0) is 42.6 Å². The fourth-order valence-corrected chi connectivity index (χ4v) is 3.34. The molecule has 2 heterocycles. The first-order valence-corrected chi connectivity index (χ1v) is 10.3. The van der Waals surface area contributed by atoms with Gasteiger partial charge in [-0.3, -0.25) is 0 Å². The van der Waals surface area contributed by atoms with Crippen LogP contribution in [0.5, 0.6) is 6.01 Å². The van der Waals surface area contributed by atoms with Crippen LogP contribution in [0.15, 0.2) is 41.8 Å². The van der Waals surface area contributed by atoms with Crippen LogP contribution in [0.4, 0.5) is 5.69 Å². The molecule has 0 saturated heterocycles. The largest absolute Gasteiger partial charge is 0.460 e. The van der Waals surface area contributed by atoms with E-state index in [-0.39, 0.29) is 0 Å². The van der Waals surface area contributed by atoms with E-state index in [1.54, 1.807) is 23.1 Å². The number of thiophene rings is 1. The molecule has 0 spiro atoms. The normalized spacial score (nSPS) is 12.1. The van der Waals surface area contributed by atoms with Gasteiger partial charge in [-0.25, -0.2) is 4.68 Å². The minimum absolute atomic E-state index is 0.292. The van der Waals surface area contributed by atoms with Gasteiger partial charge in [0, 0.05) is 25.9 Å². The van der Waals surface area contributed by atoms with E-state index >= 15 is 0 Å². The molecule has 8 nitrogen and oxygen atoms in total. The fraction of sp³-hybridized carbons (Fsp3) is 0.400. The molecule has 2 aromatic heterocycles. The van der Waals surface area contributed by atoms with Crippen molar-refractivity contribution in [2.45, 2.75) is 13.0 Å². The maximum Gasteiger partial charge on any atom is 0.336 e. The van der Waals surface area contributed by atoms with Crippen molar-refractivity contribution in [2.24, 2.45) is 0 Å². The molecule has 0 aliphatic heterocycles. The zero-order valence-electron chi connectivity index (χ0n) is 16.6. The molecule has 29 heavy (non-hydrogen) atoms. The van der Waals surface area contributed by atoms with Crippen LogP contribution in [0.3, 0.4) is 0 Å². The van der Waals surface area contributed by atoms with Gasteiger partial charge in [-0.15, -0.1) is 16.4 Å². The molecule has 1 aromatic carbocycles. The molecule has 2 N–H and O–H groups in total. The highest BCUT2D eigenvalue weighted by Gasteiger charge is 2.15. The number of benzene rings is 1. The number of ether oxygens (including phenoxy) is 3. The van der Waals surface area contributed by atoms with Crippen LogP contribution < -0.4 is 10.1 Å². The van der Waals surface area contributed by atoms with E-state index in [0.717, 1.165) is 22.1 Å². The zero-order chi connectivity index (χ0) is 20.5. The molecule has 0 aliphatic rings. The summed E-state index contributed by atoms with van der Waals surface area (Å²) in [5, 5.41) is 19.5. The first-order chi connectivity index (χ1) is 14.2. The van der Waals surface area contributed by atoms with E-state index in [0.29, 0.717) is 39.0 Å². The maximum absolute atomic E-state index is 9.76. The van der Waals surface area contributed by atoms with Gasteiger partial charge in [0.05, 0.1) is 29.9 Å². The Kier molecular flexibility index (Phi) is 8.00. The van der Waals surface area contributed by atoms with Crippen LogP contribution in [0, 0.1) is 0 Å². The quantitative estimate of drug-likeness (QED) is 0.437. The van der Waals surface area contributed by atoms with Gasteiger partial charge in [-0.2, -0.15) is 4.98 Å². The monoisotopic (exact) mass is 418 g/mol. The van der Waals surface area contributed by atoms with Crippen molar-refractivity contribution in [3.05, 3.63) is 41.8 Å². The van der Waals surface area contributed by atoms with E-state index in [9.17, 15) is 5.11 Å². The minimum atomic E-state index is -0.559. The summed E-state index contributed by atoms with van der Waals surface area (Å²) in [5.41, 5.74) is 1.76. The van der Waals surface area contributed by atoms with Crippen LogP contribution in [-0.2, 0) is 9.47 Å². The molecule has 0 unspecified atom stereocenters. The molecule has 156 valence electrons. The van der Waals surface area contributed by atoms with Gasteiger partial charge in [0.1, 0.15) is 6.61 Å². The SMILES string of the molecule is CCOCCOc1nc(-c2cccs2)n(-c2ccc(NC[C@H](O)COC)cc2)n1. The second-order valence-electron chi connectivity index (χ2n) is 6.19. The van der Waals surface area contributed by atoms with E-state index < -0.39 is 6.10 Å². The van der Waals surface area contributed by atoms with Crippen molar-refractivity contribution in [3.63, 3.8) is 0 Å². The Bertz CT molecular complexity index is 852. The molecule has 0 aliphatic carbocycles. The summed E-state index contributed by atoms with van der Waals surface area (Å²) < 4.78 is 17.6. The fourth-order valence-electron chi connectivity index (χ4n) is 2.64. The highest BCUT2D eigenvalue weighted by Crippen LogP contribution is 2.27. The topological polar surface area (TPSA) is 90.7 Å². The Balaban J connectivity index is 1.75. The molecule has 0 radical (unpaired) electrons. The van der Waals surface area contributed by atoms with Crippen molar-refractivity contribution in [2.75, 3.05) is 45.4 Å². The molecule has 0 amide bonds. The number of anilines is 1. The van der Waals surface area contributed by atoms with Crippen LogP contribution in [0.25, 0.3) is 16.4 Å². The number of hydrogen-bond acceptors (Lipinski definition) is 8. The average molecular weight is 419 g/mol. The number of nitrogens with one attached hydrogen (secondary N) is 1. The van der Waals surface area contributed by atoms with Gasteiger partial charge in [0.15, 0.2) is 5.82 Å². The van der Waals surface area contributed by atoms with E-state index in [2.05, 4.69) is 15.4 Å². The Hall–Kier alpha value is -2.46. The van der Waals surface area contributed by atoms with Crippen molar-refractivity contribution >= 4 is 17.0 Å². The molecule has 1 atom stereocenters. The van der Waals surface area contributed by atoms with Crippen LogP contribution >= 0.6 is 11.3 Å². The number of hydrogen-bond donors (Lipinski definition) is 2. The number of aromatic nitrogens is 3. The average Bonchev–Trinajstić information content (AvgIpc) is 3.40. The summed E-state index contributed by atoms with van der Waals surface area (Å²) >= 11 is 1.59. The molecular weight excluding hydrogens is 392 g/mol. The van der Waals surface area contributed by atoms with Crippen molar-refractivity contribution in [3.8, 4) is 22.4 Å². The maximum atomic E-state index is 9.76. The predicted octanol–water partition coefficient (Wildman–Crippen LogP) is 2.83. The summed E-state index contributed by atoms with van der Waals surface area (Å²) in [6.45, 7) is 4.19. The lowest BCUT2D eigenvalue weighted by Gasteiger charge is -2.12. The van der Waals surface area contributed by atoms with Crippen molar-refractivity contribution < 1.29 is 19.3 Å². The third-order valence-electron chi connectivity index (χ3n) is 4.00. The third-order valence-corrected chi connectivity index (χ3v) is 4.87. The van der Waals surface area contributed by atoms with Crippen molar-refractivity contribution in [1.82, 2.24) is 14.8 Å². The highest BCUT2D eigenvalue weighted by molar-refractivity contribution is 7.13. The number of methoxy groups -OCH3 is 1. The van der Waals surface area contributed by atoms with Crippen LogP contribution in [0.2, 0.25) is 0 Å². The van der Waals surface area contributed by atoms with Gasteiger partial charge in [0.25, 0.3) is 0 Å². The molecule has 0 saturated carbocycles. The van der Waals surface area contributed by atoms with Gasteiger partial charge < -0.3 is 24.6 Å². The van der Waals surface area contributed by atoms with E-state index in [1.807, 2.05) is 48.7 Å². The molecular formula is C20H26N4O4S. The Labute approximate surface area is 174 Å². The van der Waals surface area contributed by atoms with Gasteiger partial charge >= 0.3 is 6.01 Å². The van der Waals surface area contributed by atoms with Crippen LogP contribution in [0.1, 0.15) is 6.92 Å². The van der Waals surface area contributed by atoms with Crippen molar-refractivity contribution in [1.29, 1.82) is 0 Å². The molecule has 3 rings (SSSR count). The number of nitrogens with zero attached hydrogens (tertiary/aromatic N) is 3.